The molecule has 1 fully saturated rings. The van der Waals surface area contributed by atoms with E-state index in [-0.39, 0.29) is 0 Å². The van der Waals surface area contributed by atoms with Crippen molar-refractivity contribution >= 4 is 17.7 Å². The lowest BCUT2D eigenvalue weighted by molar-refractivity contribution is -0.147. The van der Waals surface area contributed by atoms with E-state index in [9.17, 15) is 4.79 Å². The smallest absolute Gasteiger partial charge is 0.309 e. The molecule has 16 heavy (non-hydrogen) atoms. The predicted molar refractivity (Wildman–Crippen MR) is 70.0 cm³/mol. The SMILES string of the molecule is CC(C)(CCCCSC1CCCC1)C(=O)O. The number of unbranched alkanes of at least 4 members (excludes halogenated alkanes) is 1. The second-order valence-electron chi connectivity index (χ2n) is 5.42. The van der Waals surface area contributed by atoms with E-state index >= 15 is 0 Å². The van der Waals surface area contributed by atoms with E-state index < -0.39 is 11.4 Å². The third kappa shape index (κ3) is 4.77. The Hall–Kier alpha value is -0.180. The molecule has 0 aromatic carbocycles. The van der Waals surface area contributed by atoms with E-state index in [2.05, 4.69) is 11.8 Å². The Balaban J connectivity index is 2.01. The molecule has 1 rings (SSSR count). The van der Waals surface area contributed by atoms with Gasteiger partial charge in [-0.3, -0.25) is 4.79 Å². The van der Waals surface area contributed by atoms with Crippen molar-refractivity contribution in [2.45, 2.75) is 64.0 Å². The highest BCUT2D eigenvalue weighted by molar-refractivity contribution is 7.99. The standard InChI is InChI=1S/C13H24O2S/c1-13(2,12(14)15)9-5-6-10-16-11-7-3-4-8-11/h11H,3-10H2,1-2H3,(H,14,15). The maximum atomic E-state index is 10.9. The van der Waals surface area contributed by atoms with Gasteiger partial charge in [-0.05, 0) is 45.3 Å². The molecular formula is C13H24O2S. The molecule has 0 spiro atoms. The molecular weight excluding hydrogens is 220 g/mol. The molecule has 0 heterocycles. The van der Waals surface area contributed by atoms with Gasteiger partial charge in [0.2, 0.25) is 0 Å². The van der Waals surface area contributed by atoms with Gasteiger partial charge in [-0.1, -0.05) is 19.3 Å². The van der Waals surface area contributed by atoms with Crippen molar-refractivity contribution in [3.8, 4) is 0 Å². The maximum absolute atomic E-state index is 10.9. The fraction of sp³-hybridized carbons (Fsp3) is 0.923. The third-order valence-electron chi connectivity index (χ3n) is 3.43. The summed E-state index contributed by atoms with van der Waals surface area (Å²) in [5.74, 6) is 0.538. The van der Waals surface area contributed by atoms with Crippen LogP contribution in [0.4, 0.5) is 0 Å². The van der Waals surface area contributed by atoms with Crippen molar-refractivity contribution in [1.29, 1.82) is 0 Å². The first kappa shape index (κ1) is 13.9. The van der Waals surface area contributed by atoms with Gasteiger partial charge in [0.25, 0.3) is 0 Å². The Kier molecular flexibility index (Phi) is 5.67. The zero-order chi connectivity index (χ0) is 12.0. The summed E-state index contributed by atoms with van der Waals surface area (Å²) in [5, 5.41) is 9.86. The largest absolute Gasteiger partial charge is 0.481 e. The van der Waals surface area contributed by atoms with Gasteiger partial charge >= 0.3 is 5.97 Å². The molecule has 94 valence electrons. The number of hydrogen-bond acceptors (Lipinski definition) is 2. The van der Waals surface area contributed by atoms with E-state index in [0.717, 1.165) is 24.5 Å². The van der Waals surface area contributed by atoms with Crippen molar-refractivity contribution in [1.82, 2.24) is 0 Å². The molecule has 0 unspecified atom stereocenters. The Labute approximate surface area is 103 Å². The summed E-state index contributed by atoms with van der Waals surface area (Å²) in [5.41, 5.74) is -0.544. The number of aliphatic carboxylic acids is 1. The highest BCUT2D eigenvalue weighted by Gasteiger charge is 2.26. The number of carbonyl (C=O) groups is 1. The van der Waals surface area contributed by atoms with E-state index in [1.807, 2.05) is 13.8 Å². The van der Waals surface area contributed by atoms with Crippen LogP contribution in [0.3, 0.4) is 0 Å². The number of thioether (sulfide) groups is 1. The highest BCUT2D eigenvalue weighted by Crippen LogP contribution is 2.30. The molecule has 0 bridgehead atoms. The minimum Gasteiger partial charge on any atom is -0.481 e. The van der Waals surface area contributed by atoms with Crippen molar-refractivity contribution in [2.75, 3.05) is 5.75 Å². The lowest BCUT2D eigenvalue weighted by Crippen LogP contribution is -2.23. The van der Waals surface area contributed by atoms with Crippen LogP contribution in [0.5, 0.6) is 0 Å². The van der Waals surface area contributed by atoms with Crippen molar-refractivity contribution in [3.05, 3.63) is 0 Å². The first-order chi connectivity index (χ1) is 7.52. The fourth-order valence-corrected chi connectivity index (χ4v) is 3.45. The molecule has 0 aliphatic heterocycles. The molecule has 1 saturated carbocycles. The van der Waals surface area contributed by atoms with Crippen LogP contribution in [0.25, 0.3) is 0 Å². The lowest BCUT2D eigenvalue weighted by Gasteiger charge is -2.18. The van der Waals surface area contributed by atoms with Gasteiger partial charge < -0.3 is 5.11 Å². The molecule has 1 aliphatic carbocycles. The molecule has 1 aliphatic rings. The monoisotopic (exact) mass is 244 g/mol. The summed E-state index contributed by atoms with van der Waals surface area (Å²) >= 11 is 2.10. The van der Waals surface area contributed by atoms with Gasteiger partial charge in [-0.15, -0.1) is 0 Å². The normalized spacial score (nSPS) is 17.9. The van der Waals surface area contributed by atoms with Crippen molar-refractivity contribution in [3.63, 3.8) is 0 Å². The van der Waals surface area contributed by atoms with E-state index in [0.29, 0.717) is 0 Å². The molecule has 0 atom stereocenters. The Bertz CT molecular complexity index is 220. The molecule has 0 amide bonds. The van der Waals surface area contributed by atoms with E-state index in [4.69, 9.17) is 5.11 Å². The Morgan fingerprint density at radius 3 is 2.50 bits per heavy atom. The second-order valence-corrected chi connectivity index (χ2v) is 6.83. The molecule has 1 N–H and O–H groups in total. The molecule has 0 saturated heterocycles. The zero-order valence-electron chi connectivity index (χ0n) is 10.5. The minimum atomic E-state index is -0.670. The number of carboxylic acid groups (broad SMARTS) is 1. The highest BCUT2D eigenvalue weighted by atomic mass is 32.2. The molecule has 0 radical (unpaired) electrons. The number of hydrogen-bond donors (Lipinski definition) is 1. The van der Waals surface area contributed by atoms with Crippen LogP contribution in [0.1, 0.15) is 58.8 Å². The van der Waals surface area contributed by atoms with Crippen molar-refractivity contribution in [2.24, 2.45) is 5.41 Å². The summed E-state index contributed by atoms with van der Waals surface area (Å²) in [4.78, 5) is 10.9. The summed E-state index contributed by atoms with van der Waals surface area (Å²) in [6, 6.07) is 0. The quantitative estimate of drug-likeness (QED) is 0.689. The summed E-state index contributed by atoms with van der Waals surface area (Å²) in [6.07, 6.45) is 8.61. The van der Waals surface area contributed by atoms with Gasteiger partial charge in [-0.2, -0.15) is 11.8 Å². The Morgan fingerprint density at radius 2 is 1.94 bits per heavy atom. The topological polar surface area (TPSA) is 37.3 Å². The predicted octanol–water partition coefficient (Wildman–Crippen LogP) is 3.94. The van der Waals surface area contributed by atoms with Crippen LogP contribution in [0.2, 0.25) is 0 Å². The second kappa shape index (κ2) is 6.53. The van der Waals surface area contributed by atoms with Crippen LogP contribution in [-0.2, 0) is 4.79 Å². The van der Waals surface area contributed by atoms with Crippen molar-refractivity contribution < 1.29 is 9.90 Å². The molecule has 2 nitrogen and oxygen atoms in total. The zero-order valence-corrected chi connectivity index (χ0v) is 11.3. The van der Waals surface area contributed by atoms with Gasteiger partial charge in [0.15, 0.2) is 0 Å². The van der Waals surface area contributed by atoms with Crippen LogP contribution in [0, 0.1) is 5.41 Å². The minimum absolute atomic E-state index is 0.544. The summed E-state index contributed by atoms with van der Waals surface area (Å²) < 4.78 is 0. The number of carboxylic acids is 1. The Morgan fingerprint density at radius 1 is 1.31 bits per heavy atom. The first-order valence-corrected chi connectivity index (χ1v) is 7.42. The van der Waals surface area contributed by atoms with Crippen LogP contribution in [0.15, 0.2) is 0 Å². The van der Waals surface area contributed by atoms with Gasteiger partial charge in [-0.25, -0.2) is 0 Å². The number of rotatable bonds is 7. The fourth-order valence-electron chi connectivity index (χ4n) is 2.08. The first-order valence-electron chi connectivity index (χ1n) is 6.37. The van der Waals surface area contributed by atoms with E-state index in [1.54, 1.807) is 0 Å². The average Bonchev–Trinajstić information content (AvgIpc) is 2.69. The molecule has 0 aromatic heterocycles. The van der Waals surface area contributed by atoms with Gasteiger partial charge in [0, 0.05) is 5.25 Å². The summed E-state index contributed by atoms with van der Waals surface area (Å²) in [6.45, 7) is 3.64. The van der Waals surface area contributed by atoms with Gasteiger partial charge in [0.1, 0.15) is 0 Å². The van der Waals surface area contributed by atoms with Gasteiger partial charge in [0.05, 0.1) is 5.41 Å². The van der Waals surface area contributed by atoms with Crippen LogP contribution >= 0.6 is 11.8 Å². The van der Waals surface area contributed by atoms with Crippen LogP contribution < -0.4 is 0 Å². The third-order valence-corrected chi connectivity index (χ3v) is 4.90. The molecule has 3 heteroatoms. The lowest BCUT2D eigenvalue weighted by atomic mass is 9.88. The molecule has 0 aromatic rings. The van der Waals surface area contributed by atoms with Crippen LogP contribution in [-0.4, -0.2) is 22.1 Å². The van der Waals surface area contributed by atoms with E-state index in [1.165, 1.54) is 31.4 Å². The summed E-state index contributed by atoms with van der Waals surface area (Å²) in [7, 11) is 0. The maximum Gasteiger partial charge on any atom is 0.309 e. The average molecular weight is 244 g/mol.